The van der Waals surface area contributed by atoms with Crippen molar-refractivity contribution in [1.29, 1.82) is 0 Å². The molecule has 1 N–H and O–H groups in total. The summed E-state index contributed by atoms with van der Waals surface area (Å²) >= 11 is 2.87. The van der Waals surface area contributed by atoms with Gasteiger partial charge in [-0.3, -0.25) is 4.90 Å². The van der Waals surface area contributed by atoms with Crippen molar-refractivity contribution in [1.82, 2.24) is 5.32 Å². The summed E-state index contributed by atoms with van der Waals surface area (Å²) in [5.74, 6) is -2.24. The summed E-state index contributed by atoms with van der Waals surface area (Å²) in [4.78, 5) is 24.4. The van der Waals surface area contributed by atoms with E-state index in [9.17, 15) is 18.4 Å². The normalized spacial score (nSPS) is 17.7. The Morgan fingerprint density at radius 1 is 1.42 bits per heavy atom. The molecule has 1 saturated heterocycles. The van der Waals surface area contributed by atoms with Crippen LogP contribution in [0.4, 0.5) is 24.1 Å². The number of hydrogen-bond acceptors (Lipinski definition) is 4. The molecule has 132 valence electrons. The summed E-state index contributed by atoms with van der Waals surface area (Å²) in [5, 5.41) is 2.47. The number of anilines is 1. The summed E-state index contributed by atoms with van der Waals surface area (Å²) in [6.07, 6.45) is -2.17. The molecule has 2 rings (SSSR count). The topological polar surface area (TPSA) is 67.9 Å². The SMILES string of the molecule is CC(C)(C)OC(=O)NC[C@H]1CN(c2ccc(Br)c(F)c2F)C(=O)O1. The molecule has 1 atom stereocenters. The van der Waals surface area contributed by atoms with Crippen molar-refractivity contribution in [2.75, 3.05) is 18.0 Å². The molecule has 1 aromatic carbocycles. The van der Waals surface area contributed by atoms with Crippen LogP contribution in [0.25, 0.3) is 0 Å². The number of carbonyl (C=O) groups excluding carboxylic acids is 2. The maximum atomic E-state index is 14.0. The smallest absolute Gasteiger partial charge is 0.414 e. The number of hydrogen-bond donors (Lipinski definition) is 1. The molecular weight excluding hydrogens is 390 g/mol. The first-order chi connectivity index (χ1) is 11.1. The highest BCUT2D eigenvalue weighted by molar-refractivity contribution is 9.10. The fraction of sp³-hybridized carbons (Fsp3) is 0.467. The van der Waals surface area contributed by atoms with Gasteiger partial charge in [-0.05, 0) is 48.8 Å². The lowest BCUT2D eigenvalue weighted by atomic mass is 10.2. The fourth-order valence-corrected chi connectivity index (χ4v) is 2.37. The van der Waals surface area contributed by atoms with Crippen LogP contribution in [0, 0.1) is 11.6 Å². The van der Waals surface area contributed by atoms with Crippen molar-refractivity contribution in [2.45, 2.75) is 32.5 Å². The largest absolute Gasteiger partial charge is 0.444 e. The zero-order valence-electron chi connectivity index (χ0n) is 13.4. The van der Waals surface area contributed by atoms with Crippen LogP contribution in [-0.4, -0.2) is 37.0 Å². The maximum Gasteiger partial charge on any atom is 0.414 e. The number of amides is 2. The Balaban J connectivity index is 1.99. The van der Waals surface area contributed by atoms with Gasteiger partial charge in [0.15, 0.2) is 11.6 Å². The van der Waals surface area contributed by atoms with Crippen molar-refractivity contribution in [3.63, 3.8) is 0 Å². The van der Waals surface area contributed by atoms with Gasteiger partial charge in [0.1, 0.15) is 11.7 Å². The quantitative estimate of drug-likeness (QED) is 0.778. The van der Waals surface area contributed by atoms with Gasteiger partial charge in [-0.15, -0.1) is 0 Å². The van der Waals surface area contributed by atoms with Gasteiger partial charge in [0.05, 0.1) is 23.2 Å². The highest BCUT2D eigenvalue weighted by atomic mass is 79.9. The van der Waals surface area contributed by atoms with Gasteiger partial charge in [0.25, 0.3) is 0 Å². The molecular formula is C15H17BrF2N2O4. The lowest BCUT2D eigenvalue weighted by Crippen LogP contribution is -2.38. The maximum absolute atomic E-state index is 14.0. The van der Waals surface area contributed by atoms with E-state index in [1.54, 1.807) is 20.8 Å². The minimum absolute atomic E-state index is 0.00220. The zero-order valence-corrected chi connectivity index (χ0v) is 14.9. The van der Waals surface area contributed by atoms with E-state index in [-0.39, 0.29) is 23.2 Å². The van der Waals surface area contributed by atoms with Crippen LogP contribution in [0.3, 0.4) is 0 Å². The molecule has 9 heteroatoms. The molecule has 0 radical (unpaired) electrons. The first-order valence-corrected chi connectivity index (χ1v) is 7.96. The standard InChI is InChI=1S/C15H17BrF2N2O4/c1-15(2,3)24-13(21)19-6-8-7-20(14(22)23-8)10-5-4-9(16)11(17)12(10)18/h4-5,8H,6-7H2,1-3H3,(H,19,21)/t8-/m0/s1. The number of benzene rings is 1. The third-order valence-corrected chi connectivity index (χ3v) is 3.67. The average Bonchev–Trinajstić information content (AvgIpc) is 2.82. The third kappa shape index (κ3) is 4.34. The van der Waals surface area contributed by atoms with E-state index in [2.05, 4.69) is 21.2 Å². The molecule has 1 aromatic rings. The van der Waals surface area contributed by atoms with Crippen molar-refractivity contribution in [3.8, 4) is 0 Å². The second kappa shape index (κ2) is 6.92. The molecule has 0 bridgehead atoms. The minimum atomic E-state index is -1.15. The van der Waals surface area contributed by atoms with Gasteiger partial charge in [-0.2, -0.15) is 0 Å². The minimum Gasteiger partial charge on any atom is -0.444 e. The predicted octanol–water partition coefficient (Wildman–Crippen LogP) is 3.58. The van der Waals surface area contributed by atoms with Crippen molar-refractivity contribution < 1.29 is 27.8 Å². The Labute approximate surface area is 146 Å². The second-order valence-corrected chi connectivity index (χ2v) is 7.05. The summed E-state index contributed by atoms with van der Waals surface area (Å²) in [5.41, 5.74) is -0.874. The molecule has 1 fully saturated rings. The van der Waals surface area contributed by atoms with E-state index < -0.39 is 35.5 Å². The number of cyclic esters (lactones) is 1. The van der Waals surface area contributed by atoms with Gasteiger partial charge in [-0.25, -0.2) is 18.4 Å². The monoisotopic (exact) mass is 406 g/mol. The van der Waals surface area contributed by atoms with Crippen LogP contribution in [0.1, 0.15) is 20.8 Å². The zero-order chi connectivity index (χ0) is 18.1. The molecule has 2 amide bonds. The fourth-order valence-electron chi connectivity index (χ4n) is 2.06. The second-order valence-electron chi connectivity index (χ2n) is 6.19. The van der Waals surface area contributed by atoms with Crippen LogP contribution >= 0.6 is 15.9 Å². The summed E-state index contributed by atoms with van der Waals surface area (Å²) in [6.45, 7) is 5.13. The van der Waals surface area contributed by atoms with E-state index in [1.807, 2.05) is 0 Å². The third-order valence-electron chi connectivity index (χ3n) is 3.05. The van der Waals surface area contributed by atoms with Crippen molar-refractivity contribution in [3.05, 3.63) is 28.2 Å². The van der Waals surface area contributed by atoms with E-state index in [0.29, 0.717) is 0 Å². The molecule has 0 saturated carbocycles. The highest BCUT2D eigenvalue weighted by Crippen LogP contribution is 2.29. The van der Waals surface area contributed by atoms with Gasteiger partial charge < -0.3 is 14.8 Å². The Bertz CT molecular complexity index is 664. The van der Waals surface area contributed by atoms with E-state index >= 15 is 0 Å². The Morgan fingerprint density at radius 2 is 2.08 bits per heavy atom. The van der Waals surface area contributed by atoms with E-state index in [0.717, 1.165) is 4.90 Å². The molecule has 0 unspecified atom stereocenters. The highest BCUT2D eigenvalue weighted by Gasteiger charge is 2.35. The number of nitrogens with zero attached hydrogens (tertiary/aromatic N) is 1. The number of halogens is 3. The van der Waals surface area contributed by atoms with Crippen molar-refractivity contribution in [2.24, 2.45) is 0 Å². The predicted molar refractivity (Wildman–Crippen MR) is 85.9 cm³/mol. The van der Waals surface area contributed by atoms with Gasteiger partial charge in [0, 0.05) is 0 Å². The van der Waals surface area contributed by atoms with Gasteiger partial charge in [-0.1, -0.05) is 0 Å². The molecule has 0 aromatic heterocycles. The summed E-state index contributed by atoms with van der Waals surface area (Å²) in [7, 11) is 0. The number of ether oxygens (including phenoxy) is 2. The van der Waals surface area contributed by atoms with Crippen LogP contribution < -0.4 is 10.2 Å². The van der Waals surface area contributed by atoms with Crippen LogP contribution in [-0.2, 0) is 9.47 Å². The number of nitrogens with one attached hydrogen (secondary N) is 1. The molecule has 1 aliphatic heterocycles. The lowest BCUT2D eigenvalue weighted by Gasteiger charge is -2.20. The number of alkyl carbamates (subject to hydrolysis) is 1. The van der Waals surface area contributed by atoms with Crippen molar-refractivity contribution >= 4 is 33.8 Å². The Hall–Kier alpha value is -1.90. The Morgan fingerprint density at radius 3 is 2.71 bits per heavy atom. The molecule has 6 nitrogen and oxygen atoms in total. The van der Waals surface area contributed by atoms with E-state index in [1.165, 1.54) is 12.1 Å². The molecule has 24 heavy (non-hydrogen) atoms. The Kier molecular flexibility index (Phi) is 5.32. The summed E-state index contributed by atoms with van der Waals surface area (Å²) < 4.78 is 37.6. The first-order valence-electron chi connectivity index (χ1n) is 7.17. The molecule has 1 heterocycles. The van der Waals surface area contributed by atoms with Crippen LogP contribution in [0.2, 0.25) is 0 Å². The molecule has 1 aliphatic rings. The van der Waals surface area contributed by atoms with Crippen LogP contribution in [0.5, 0.6) is 0 Å². The van der Waals surface area contributed by atoms with E-state index in [4.69, 9.17) is 9.47 Å². The van der Waals surface area contributed by atoms with Gasteiger partial charge in [0.2, 0.25) is 0 Å². The summed E-state index contributed by atoms with van der Waals surface area (Å²) in [6, 6.07) is 2.57. The number of carbonyl (C=O) groups is 2. The van der Waals surface area contributed by atoms with Crippen LogP contribution in [0.15, 0.2) is 16.6 Å². The lowest BCUT2D eigenvalue weighted by molar-refractivity contribution is 0.0496. The first kappa shape index (κ1) is 18.4. The van der Waals surface area contributed by atoms with Gasteiger partial charge >= 0.3 is 12.2 Å². The molecule has 0 spiro atoms. The molecule has 0 aliphatic carbocycles. The number of rotatable bonds is 3. The average molecular weight is 407 g/mol.